The second kappa shape index (κ2) is 6.06. The lowest BCUT2D eigenvalue weighted by Gasteiger charge is -2.25. The Bertz CT molecular complexity index is 445. The van der Waals surface area contributed by atoms with E-state index in [0.29, 0.717) is 0 Å². The van der Waals surface area contributed by atoms with E-state index in [-0.39, 0.29) is 11.9 Å². The number of anilines is 1. The largest absolute Gasteiger partial charge is 0.377 e. The quantitative estimate of drug-likeness (QED) is 0.891. The Morgan fingerprint density at radius 3 is 2.84 bits per heavy atom. The summed E-state index contributed by atoms with van der Waals surface area (Å²) in [6.07, 6.45) is 2.06. The third-order valence-corrected chi connectivity index (χ3v) is 3.76. The number of carbonyl (C=O) groups excluding carboxylic acids is 1. The van der Waals surface area contributed by atoms with Crippen LogP contribution in [0.5, 0.6) is 0 Å². The molecule has 1 aromatic carbocycles. The lowest BCUT2D eigenvalue weighted by atomic mass is 10.1. The molecule has 0 saturated carbocycles. The van der Waals surface area contributed by atoms with E-state index in [4.69, 9.17) is 0 Å². The Kier molecular flexibility index (Phi) is 4.43. The van der Waals surface area contributed by atoms with E-state index in [0.717, 1.165) is 25.9 Å². The molecular formula is C15H23N3O. The van der Waals surface area contributed by atoms with Crippen LogP contribution < -0.4 is 10.2 Å². The Morgan fingerprint density at radius 2 is 2.16 bits per heavy atom. The minimum Gasteiger partial charge on any atom is -0.377 e. The highest BCUT2D eigenvalue weighted by Gasteiger charge is 2.30. The zero-order valence-electron chi connectivity index (χ0n) is 12.0. The summed E-state index contributed by atoms with van der Waals surface area (Å²) < 4.78 is 0. The van der Waals surface area contributed by atoms with E-state index in [1.807, 2.05) is 0 Å². The van der Waals surface area contributed by atoms with E-state index in [2.05, 4.69) is 53.5 Å². The monoisotopic (exact) mass is 261 g/mol. The van der Waals surface area contributed by atoms with Crippen LogP contribution in [-0.4, -0.2) is 44.5 Å². The molecule has 2 rings (SSSR count). The predicted octanol–water partition coefficient (Wildman–Crippen LogP) is 1.46. The average molecular weight is 261 g/mol. The van der Waals surface area contributed by atoms with Gasteiger partial charge in [0.25, 0.3) is 0 Å². The molecular weight excluding hydrogens is 238 g/mol. The van der Waals surface area contributed by atoms with Crippen LogP contribution in [0.1, 0.15) is 18.4 Å². The maximum absolute atomic E-state index is 11.9. The minimum atomic E-state index is 0.0280. The maximum Gasteiger partial charge on any atom is 0.237 e. The summed E-state index contributed by atoms with van der Waals surface area (Å²) in [7, 11) is 5.82. The predicted molar refractivity (Wildman–Crippen MR) is 78.3 cm³/mol. The number of rotatable bonds is 4. The fourth-order valence-electron chi connectivity index (χ4n) is 2.78. The molecule has 1 aromatic rings. The number of amides is 1. The third-order valence-electron chi connectivity index (χ3n) is 3.76. The molecule has 19 heavy (non-hydrogen) atoms. The Hall–Kier alpha value is -1.55. The second-order valence-electron chi connectivity index (χ2n) is 5.27. The molecule has 1 heterocycles. The Balaban J connectivity index is 2.14. The molecule has 1 aliphatic heterocycles. The Morgan fingerprint density at radius 1 is 1.42 bits per heavy atom. The van der Waals surface area contributed by atoms with Crippen LogP contribution >= 0.6 is 0 Å². The zero-order valence-corrected chi connectivity index (χ0v) is 12.0. The number of nitrogens with zero attached hydrogens (tertiary/aromatic N) is 2. The minimum absolute atomic E-state index is 0.0280. The molecule has 0 aromatic heterocycles. The Labute approximate surface area is 115 Å². The van der Waals surface area contributed by atoms with E-state index < -0.39 is 0 Å². The van der Waals surface area contributed by atoms with E-state index >= 15 is 0 Å². The fourth-order valence-corrected chi connectivity index (χ4v) is 2.78. The molecule has 104 valence electrons. The number of para-hydroxylation sites is 1. The van der Waals surface area contributed by atoms with Crippen molar-refractivity contribution in [1.29, 1.82) is 0 Å². The second-order valence-corrected chi connectivity index (χ2v) is 5.27. The number of likely N-dealkylation sites (tertiary alicyclic amines) is 1. The molecule has 0 bridgehead atoms. The molecule has 1 atom stereocenters. The van der Waals surface area contributed by atoms with Crippen molar-refractivity contribution in [3.63, 3.8) is 0 Å². The van der Waals surface area contributed by atoms with Crippen molar-refractivity contribution >= 4 is 11.6 Å². The van der Waals surface area contributed by atoms with Crippen molar-refractivity contribution in [3.05, 3.63) is 29.8 Å². The van der Waals surface area contributed by atoms with E-state index in [1.165, 1.54) is 11.3 Å². The average Bonchev–Trinajstić information content (AvgIpc) is 2.86. The molecule has 1 aliphatic rings. The van der Waals surface area contributed by atoms with Crippen molar-refractivity contribution in [2.45, 2.75) is 25.4 Å². The van der Waals surface area contributed by atoms with Gasteiger partial charge in [0, 0.05) is 33.4 Å². The summed E-state index contributed by atoms with van der Waals surface area (Å²) in [6.45, 7) is 1.84. The highest BCUT2D eigenvalue weighted by molar-refractivity contribution is 5.81. The fraction of sp³-hybridized carbons (Fsp3) is 0.533. The smallest absolute Gasteiger partial charge is 0.237 e. The molecule has 4 heteroatoms. The van der Waals surface area contributed by atoms with Gasteiger partial charge in [0.2, 0.25) is 5.91 Å². The van der Waals surface area contributed by atoms with Crippen LogP contribution in [0.3, 0.4) is 0 Å². The molecule has 0 aliphatic carbocycles. The summed E-state index contributed by atoms with van der Waals surface area (Å²) in [5, 5.41) is 2.77. The van der Waals surface area contributed by atoms with Crippen molar-refractivity contribution in [2.24, 2.45) is 0 Å². The molecule has 0 radical (unpaired) electrons. The van der Waals surface area contributed by atoms with Gasteiger partial charge in [-0.05, 0) is 31.0 Å². The van der Waals surface area contributed by atoms with Gasteiger partial charge in [-0.3, -0.25) is 9.69 Å². The first-order chi connectivity index (χ1) is 9.13. The normalized spacial score (nSPS) is 19.4. The van der Waals surface area contributed by atoms with Gasteiger partial charge in [0.1, 0.15) is 0 Å². The summed E-state index contributed by atoms with van der Waals surface area (Å²) in [5.74, 6) is 0.139. The van der Waals surface area contributed by atoms with Gasteiger partial charge in [-0.1, -0.05) is 18.2 Å². The lowest BCUT2D eigenvalue weighted by Crippen LogP contribution is -2.41. The van der Waals surface area contributed by atoms with Crippen LogP contribution in [0.15, 0.2) is 24.3 Å². The van der Waals surface area contributed by atoms with Gasteiger partial charge < -0.3 is 10.2 Å². The van der Waals surface area contributed by atoms with Crippen LogP contribution in [0.2, 0.25) is 0 Å². The van der Waals surface area contributed by atoms with Crippen molar-refractivity contribution < 1.29 is 4.79 Å². The van der Waals surface area contributed by atoms with Crippen LogP contribution in [0.25, 0.3) is 0 Å². The van der Waals surface area contributed by atoms with Crippen LogP contribution in [0, 0.1) is 0 Å². The number of carbonyl (C=O) groups is 1. The van der Waals surface area contributed by atoms with Crippen molar-refractivity contribution in [1.82, 2.24) is 10.2 Å². The van der Waals surface area contributed by atoms with Gasteiger partial charge in [-0.25, -0.2) is 0 Å². The number of likely N-dealkylation sites (N-methyl/N-ethyl adjacent to an activating group) is 1. The van der Waals surface area contributed by atoms with Gasteiger partial charge in [-0.2, -0.15) is 0 Å². The highest BCUT2D eigenvalue weighted by Crippen LogP contribution is 2.25. The van der Waals surface area contributed by atoms with E-state index in [1.54, 1.807) is 7.05 Å². The highest BCUT2D eigenvalue weighted by atomic mass is 16.2. The first-order valence-electron chi connectivity index (χ1n) is 6.84. The van der Waals surface area contributed by atoms with Crippen LogP contribution in [-0.2, 0) is 11.3 Å². The van der Waals surface area contributed by atoms with Crippen molar-refractivity contribution in [2.75, 3.05) is 32.6 Å². The maximum atomic E-state index is 11.9. The van der Waals surface area contributed by atoms with Crippen LogP contribution in [0.4, 0.5) is 5.69 Å². The van der Waals surface area contributed by atoms with E-state index in [9.17, 15) is 4.79 Å². The number of nitrogens with one attached hydrogen (secondary N) is 1. The lowest BCUT2D eigenvalue weighted by molar-refractivity contribution is -0.125. The number of hydrogen-bond acceptors (Lipinski definition) is 3. The summed E-state index contributed by atoms with van der Waals surface area (Å²) in [4.78, 5) is 16.3. The van der Waals surface area contributed by atoms with Gasteiger partial charge in [0.05, 0.1) is 6.04 Å². The van der Waals surface area contributed by atoms with Gasteiger partial charge in [-0.15, -0.1) is 0 Å². The molecule has 1 amide bonds. The topological polar surface area (TPSA) is 35.6 Å². The zero-order chi connectivity index (χ0) is 13.8. The van der Waals surface area contributed by atoms with Gasteiger partial charge in [0.15, 0.2) is 0 Å². The summed E-state index contributed by atoms with van der Waals surface area (Å²) >= 11 is 0. The molecule has 1 fully saturated rings. The summed E-state index contributed by atoms with van der Waals surface area (Å²) in [5.41, 5.74) is 2.51. The number of hydrogen-bond donors (Lipinski definition) is 1. The molecule has 4 nitrogen and oxygen atoms in total. The molecule has 0 spiro atoms. The standard InChI is InChI=1S/C15H23N3O/c1-16-15(19)14-9-6-10-18(14)11-12-7-4-5-8-13(12)17(2)3/h4-5,7-8,14H,6,9-11H2,1-3H3,(H,16,19)/t14-/m1/s1. The summed E-state index contributed by atoms with van der Waals surface area (Å²) in [6, 6.07) is 8.42. The van der Waals surface area contributed by atoms with Crippen molar-refractivity contribution in [3.8, 4) is 0 Å². The molecule has 1 saturated heterocycles. The first-order valence-corrected chi connectivity index (χ1v) is 6.84. The number of benzene rings is 1. The van der Waals surface area contributed by atoms with Gasteiger partial charge >= 0.3 is 0 Å². The SMILES string of the molecule is CNC(=O)[C@H]1CCCN1Cc1ccccc1N(C)C. The molecule has 0 unspecified atom stereocenters. The third kappa shape index (κ3) is 3.07. The first kappa shape index (κ1) is 13.9. The molecule has 1 N–H and O–H groups in total.